The molecule has 0 amide bonds. The van der Waals surface area contributed by atoms with Crippen LogP contribution in [-0.4, -0.2) is 47.7 Å². The summed E-state index contributed by atoms with van der Waals surface area (Å²) in [6, 6.07) is 9.78. The Labute approximate surface area is 203 Å². The van der Waals surface area contributed by atoms with Crippen molar-refractivity contribution in [2.24, 2.45) is 11.8 Å². The number of ether oxygens (including phenoxy) is 1. The number of aryl methyl sites for hydroxylation is 1. The number of aromatic nitrogens is 1. The molecule has 1 aromatic carbocycles. The number of aliphatic carboxylic acids is 1. The van der Waals surface area contributed by atoms with E-state index in [1.807, 2.05) is 35.7 Å². The van der Waals surface area contributed by atoms with E-state index < -0.39 is 5.97 Å². The Morgan fingerprint density at radius 2 is 2.27 bits per heavy atom. The van der Waals surface area contributed by atoms with E-state index in [1.54, 1.807) is 24.6 Å². The summed E-state index contributed by atoms with van der Waals surface area (Å²) in [4.78, 5) is 19.6. The number of carbonyl (C=O) groups is 1. The van der Waals surface area contributed by atoms with E-state index >= 15 is 0 Å². The molecule has 4 rings (SSSR count). The van der Waals surface area contributed by atoms with Crippen LogP contribution in [0.15, 0.2) is 41.9 Å². The lowest BCUT2D eigenvalue weighted by atomic mass is 9.81. The molecule has 1 saturated heterocycles. The third kappa shape index (κ3) is 5.86. The van der Waals surface area contributed by atoms with Crippen molar-refractivity contribution in [2.75, 3.05) is 26.7 Å². The van der Waals surface area contributed by atoms with Crippen LogP contribution in [0, 0.1) is 23.7 Å². The number of halogens is 1. The van der Waals surface area contributed by atoms with Gasteiger partial charge in [0.05, 0.1) is 35.0 Å². The second kappa shape index (κ2) is 11.0. The minimum absolute atomic E-state index is 0.158. The standard InChI is InChI=1S/C26H27ClN2O3S/c1-32-19-9-10-25-22(15-19)21(24(27)16-28-25)8-2-5-18-11-13-29(17-23(18)26(30)31)12-3-6-20-7-4-14-33-20/h4,7,9-10,14-16,18,23H,2,5,8,11-13,17H2,1H3,(H,30,31)/t18-,23+/m0/s1. The van der Waals surface area contributed by atoms with Gasteiger partial charge >= 0.3 is 5.97 Å². The summed E-state index contributed by atoms with van der Waals surface area (Å²) in [5, 5.41) is 13.5. The fraction of sp³-hybridized carbons (Fsp3) is 0.385. The summed E-state index contributed by atoms with van der Waals surface area (Å²) in [6.07, 6.45) is 5.08. The van der Waals surface area contributed by atoms with Crippen LogP contribution in [0.4, 0.5) is 0 Å². The van der Waals surface area contributed by atoms with Gasteiger partial charge in [-0.25, -0.2) is 0 Å². The van der Waals surface area contributed by atoms with Crippen LogP contribution >= 0.6 is 22.9 Å². The average Bonchev–Trinajstić information content (AvgIpc) is 3.34. The fourth-order valence-electron chi connectivity index (χ4n) is 4.55. The third-order valence-electron chi connectivity index (χ3n) is 6.33. The minimum Gasteiger partial charge on any atom is -0.497 e. The number of hydrogen-bond acceptors (Lipinski definition) is 5. The number of benzene rings is 1. The second-order valence-corrected chi connectivity index (χ2v) is 9.72. The third-order valence-corrected chi connectivity index (χ3v) is 7.44. The Morgan fingerprint density at radius 1 is 1.39 bits per heavy atom. The zero-order chi connectivity index (χ0) is 23.2. The minimum atomic E-state index is -0.715. The molecule has 7 heteroatoms. The Kier molecular flexibility index (Phi) is 7.87. The first kappa shape index (κ1) is 23.6. The van der Waals surface area contributed by atoms with Crippen LogP contribution in [-0.2, 0) is 11.2 Å². The smallest absolute Gasteiger partial charge is 0.308 e. The molecule has 3 heterocycles. The van der Waals surface area contributed by atoms with E-state index in [9.17, 15) is 9.90 Å². The molecule has 0 aliphatic carbocycles. The van der Waals surface area contributed by atoms with Crippen molar-refractivity contribution in [3.63, 3.8) is 0 Å². The molecule has 5 nitrogen and oxygen atoms in total. The van der Waals surface area contributed by atoms with Gasteiger partial charge in [0.1, 0.15) is 5.75 Å². The normalized spacial score (nSPS) is 18.6. The molecule has 172 valence electrons. The summed E-state index contributed by atoms with van der Waals surface area (Å²) in [5.74, 6) is 6.20. The maximum Gasteiger partial charge on any atom is 0.308 e. The van der Waals surface area contributed by atoms with Gasteiger partial charge in [-0.15, -0.1) is 11.3 Å². The van der Waals surface area contributed by atoms with E-state index in [4.69, 9.17) is 16.3 Å². The predicted molar refractivity (Wildman–Crippen MR) is 133 cm³/mol. The topological polar surface area (TPSA) is 62.7 Å². The van der Waals surface area contributed by atoms with Gasteiger partial charge in [0, 0.05) is 18.1 Å². The SMILES string of the molecule is COc1ccc2ncc(Cl)c(CCC[C@H]3CCN(CC#Cc4cccs4)C[C@H]3C(=O)O)c2c1. The predicted octanol–water partition coefficient (Wildman–Crippen LogP) is 5.36. The number of nitrogens with zero attached hydrogens (tertiary/aromatic N) is 2. The molecule has 1 N–H and O–H groups in total. The fourth-order valence-corrected chi connectivity index (χ4v) is 5.39. The van der Waals surface area contributed by atoms with Gasteiger partial charge in [-0.3, -0.25) is 14.7 Å². The molecule has 1 fully saturated rings. The lowest BCUT2D eigenvalue weighted by Gasteiger charge is -2.35. The molecule has 1 aliphatic rings. The molecule has 1 aliphatic heterocycles. The van der Waals surface area contributed by atoms with E-state index in [-0.39, 0.29) is 11.8 Å². The molecular formula is C26H27ClN2O3S. The first-order valence-electron chi connectivity index (χ1n) is 11.1. The molecule has 0 radical (unpaired) electrons. The number of hydrogen-bond donors (Lipinski definition) is 1. The molecule has 2 aromatic heterocycles. The first-order chi connectivity index (χ1) is 16.0. The van der Waals surface area contributed by atoms with Gasteiger partial charge in [0.15, 0.2) is 0 Å². The van der Waals surface area contributed by atoms with Crippen LogP contribution in [0.25, 0.3) is 10.9 Å². The molecule has 33 heavy (non-hydrogen) atoms. The van der Waals surface area contributed by atoms with Gasteiger partial charge in [0.25, 0.3) is 0 Å². The number of fused-ring (bicyclic) bond motifs is 1. The number of likely N-dealkylation sites (tertiary alicyclic amines) is 1. The van der Waals surface area contributed by atoms with Crippen LogP contribution in [0.1, 0.15) is 29.7 Å². The number of thiophene rings is 1. The number of carboxylic acid groups (broad SMARTS) is 1. The Hall–Kier alpha value is -2.59. The second-order valence-electron chi connectivity index (χ2n) is 8.37. The average molecular weight is 483 g/mol. The molecule has 0 saturated carbocycles. The van der Waals surface area contributed by atoms with Gasteiger partial charge in [0.2, 0.25) is 0 Å². The van der Waals surface area contributed by atoms with Gasteiger partial charge < -0.3 is 9.84 Å². The van der Waals surface area contributed by atoms with Crippen molar-refractivity contribution >= 4 is 39.8 Å². The summed E-state index contributed by atoms with van der Waals surface area (Å²) in [5.41, 5.74) is 1.93. The van der Waals surface area contributed by atoms with E-state index in [0.29, 0.717) is 18.1 Å². The van der Waals surface area contributed by atoms with Crippen molar-refractivity contribution in [2.45, 2.75) is 25.7 Å². The highest BCUT2D eigenvalue weighted by atomic mass is 35.5. The number of carboxylic acids is 1. The largest absolute Gasteiger partial charge is 0.497 e. The van der Waals surface area contributed by atoms with Crippen molar-refractivity contribution in [1.29, 1.82) is 0 Å². The molecule has 0 spiro atoms. The highest BCUT2D eigenvalue weighted by molar-refractivity contribution is 7.10. The Bertz CT molecular complexity index is 1170. The monoisotopic (exact) mass is 482 g/mol. The maximum absolute atomic E-state index is 12.0. The quantitative estimate of drug-likeness (QED) is 0.459. The number of piperidine rings is 1. The highest BCUT2D eigenvalue weighted by Crippen LogP contribution is 2.32. The van der Waals surface area contributed by atoms with Gasteiger partial charge in [-0.2, -0.15) is 0 Å². The summed E-state index contributed by atoms with van der Waals surface area (Å²) >= 11 is 8.11. The molecule has 2 atom stereocenters. The van der Waals surface area contributed by atoms with E-state index in [2.05, 4.69) is 21.7 Å². The van der Waals surface area contributed by atoms with Crippen molar-refractivity contribution < 1.29 is 14.6 Å². The lowest BCUT2D eigenvalue weighted by molar-refractivity contribution is -0.146. The first-order valence-corrected chi connectivity index (χ1v) is 12.4. The van der Waals surface area contributed by atoms with Crippen molar-refractivity contribution in [1.82, 2.24) is 9.88 Å². The van der Waals surface area contributed by atoms with Gasteiger partial charge in [-0.1, -0.05) is 29.5 Å². The van der Waals surface area contributed by atoms with E-state index in [0.717, 1.165) is 59.3 Å². The van der Waals surface area contributed by atoms with Crippen LogP contribution < -0.4 is 4.74 Å². The number of pyridine rings is 1. The molecule has 0 bridgehead atoms. The zero-order valence-corrected chi connectivity index (χ0v) is 20.2. The van der Waals surface area contributed by atoms with Crippen LogP contribution in [0.5, 0.6) is 5.75 Å². The van der Waals surface area contributed by atoms with Crippen LogP contribution in [0.3, 0.4) is 0 Å². The number of methoxy groups -OCH3 is 1. The Balaban J connectivity index is 1.37. The van der Waals surface area contributed by atoms with Gasteiger partial charge in [-0.05, 0) is 73.4 Å². The van der Waals surface area contributed by atoms with Crippen molar-refractivity contribution in [3.8, 4) is 17.6 Å². The molecule has 3 aromatic rings. The molecule has 0 unspecified atom stereocenters. The summed E-state index contributed by atoms with van der Waals surface area (Å²) in [7, 11) is 1.64. The lowest BCUT2D eigenvalue weighted by Crippen LogP contribution is -2.44. The van der Waals surface area contributed by atoms with Crippen LogP contribution in [0.2, 0.25) is 5.02 Å². The summed E-state index contributed by atoms with van der Waals surface area (Å²) in [6.45, 7) is 2.04. The highest BCUT2D eigenvalue weighted by Gasteiger charge is 2.33. The zero-order valence-electron chi connectivity index (χ0n) is 18.6. The maximum atomic E-state index is 12.0. The van der Waals surface area contributed by atoms with Crippen molar-refractivity contribution in [3.05, 3.63) is 57.4 Å². The number of rotatable bonds is 7. The van der Waals surface area contributed by atoms with E-state index in [1.165, 1.54) is 0 Å². The molecular weight excluding hydrogens is 456 g/mol. The Morgan fingerprint density at radius 3 is 3.03 bits per heavy atom. The summed E-state index contributed by atoms with van der Waals surface area (Å²) < 4.78 is 5.37.